The fraction of sp³-hybridized carbons (Fsp3) is 0.120. The van der Waals surface area contributed by atoms with Gasteiger partial charge in [-0.1, -0.05) is 29.8 Å². The largest absolute Gasteiger partial charge is 0.462 e. The lowest BCUT2D eigenvalue weighted by Crippen LogP contribution is -2.37. The molecule has 1 amide bonds. The molecule has 0 aliphatic rings. The van der Waals surface area contributed by atoms with Crippen LogP contribution in [0, 0.1) is 17.0 Å². The van der Waals surface area contributed by atoms with Crippen molar-refractivity contribution < 1.29 is 32.1 Å². The summed E-state index contributed by atoms with van der Waals surface area (Å²) in [5.74, 6) is -1.34. The third-order valence-electron chi connectivity index (χ3n) is 5.42. The number of carbonyl (C=O) groups excluding carboxylic acids is 2. The van der Waals surface area contributed by atoms with E-state index in [4.69, 9.17) is 20.8 Å². The molecular weight excluding hydrogens is 524 g/mol. The van der Waals surface area contributed by atoms with Crippen LogP contribution in [-0.4, -0.2) is 31.8 Å². The molecule has 190 valence electrons. The lowest BCUT2D eigenvalue weighted by atomic mass is 10.1. The van der Waals surface area contributed by atoms with Crippen molar-refractivity contribution in [2.45, 2.75) is 18.7 Å². The van der Waals surface area contributed by atoms with Crippen molar-refractivity contribution in [2.75, 3.05) is 10.9 Å². The van der Waals surface area contributed by atoms with Crippen LogP contribution in [0.5, 0.6) is 0 Å². The lowest BCUT2D eigenvalue weighted by molar-refractivity contribution is -0.384. The van der Waals surface area contributed by atoms with E-state index in [9.17, 15) is 28.1 Å². The second-order valence-electron chi connectivity index (χ2n) is 7.75. The average Bonchev–Trinajstić information content (AvgIpc) is 3.19. The highest BCUT2D eigenvalue weighted by Crippen LogP contribution is 2.35. The van der Waals surface area contributed by atoms with Crippen molar-refractivity contribution in [3.8, 4) is 0 Å². The first-order chi connectivity index (χ1) is 17.6. The molecule has 0 spiro atoms. The molecular formula is C25H19ClN2O8S. The number of furan rings is 1. The van der Waals surface area contributed by atoms with E-state index in [2.05, 4.69) is 0 Å². The summed E-state index contributed by atoms with van der Waals surface area (Å²) in [6, 6.07) is 14.6. The zero-order chi connectivity index (χ0) is 26.9. The Morgan fingerprint density at radius 3 is 2.43 bits per heavy atom. The van der Waals surface area contributed by atoms with Crippen LogP contribution < -0.4 is 4.31 Å². The van der Waals surface area contributed by atoms with Crippen LogP contribution in [0.2, 0.25) is 5.02 Å². The van der Waals surface area contributed by atoms with E-state index in [1.165, 1.54) is 30.3 Å². The standard InChI is InChI=1S/C25H19ClN2O8S/c1-3-35-25(30)23-15(2)36-22-12-9-17(13-19(22)23)27(24(29)16-7-5-4-6-8-16)37(33,34)18-10-11-20(26)21(14-18)28(31)32/h4-14H,3H2,1-2H3. The Labute approximate surface area is 216 Å². The molecule has 1 heterocycles. The van der Waals surface area contributed by atoms with E-state index in [-0.39, 0.29) is 45.2 Å². The van der Waals surface area contributed by atoms with Crippen LogP contribution in [-0.2, 0) is 14.8 Å². The summed E-state index contributed by atoms with van der Waals surface area (Å²) in [6.45, 7) is 3.30. The number of esters is 1. The number of hydrogen-bond donors (Lipinski definition) is 0. The van der Waals surface area contributed by atoms with Crippen molar-refractivity contribution in [3.63, 3.8) is 0 Å². The van der Waals surface area contributed by atoms with Gasteiger partial charge in [0.05, 0.1) is 22.1 Å². The van der Waals surface area contributed by atoms with Crippen LogP contribution in [0.25, 0.3) is 11.0 Å². The van der Waals surface area contributed by atoms with Crippen molar-refractivity contribution in [2.24, 2.45) is 0 Å². The number of fused-ring (bicyclic) bond motifs is 1. The molecule has 4 rings (SSSR count). The number of benzene rings is 3. The molecule has 3 aromatic carbocycles. The second kappa shape index (κ2) is 10.0. The van der Waals surface area contributed by atoms with E-state index in [0.29, 0.717) is 4.31 Å². The minimum Gasteiger partial charge on any atom is -0.462 e. The maximum atomic E-state index is 13.8. The monoisotopic (exact) mass is 542 g/mol. The fourth-order valence-electron chi connectivity index (χ4n) is 3.75. The van der Waals surface area contributed by atoms with Gasteiger partial charge in [-0.25, -0.2) is 13.2 Å². The van der Waals surface area contributed by atoms with E-state index in [0.717, 1.165) is 18.2 Å². The van der Waals surface area contributed by atoms with Gasteiger partial charge >= 0.3 is 5.97 Å². The van der Waals surface area contributed by atoms with Gasteiger partial charge in [-0.2, -0.15) is 4.31 Å². The molecule has 12 heteroatoms. The molecule has 0 aliphatic heterocycles. The maximum Gasteiger partial charge on any atom is 0.342 e. The number of aryl methyl sites for hydroxylation is 1. The number of nitro groups is 1. The highest BCUT2D eigenvalue weighted by Gasteiger charge is 2.34. The van der Waals surface area contributed by atoms with Crippen LogP contribution in [0.3, 0.4) is 0 Å². The summed E-state index contributed by atoms with van der Waals surface area (Å²) in [4.78, 5) is 36.2. The minimum absolute atomic E-state index is 0.0450. The SMILES string of the molecule is CCOC(=O)c1c(C)oc2ccc(N(C(=O)c3ccccc3)S(=O)(=O)c3ccc(Cl)c([N+](=O)[O-])c3)cc12. The van der Waals surface area contributed by atoms with Crippen LogP contribution in [0.4, 0.5) is 11.4 Å². The molecule has 0 bridgehead atoms. The van der Waals surface area contributed by atoms with Gasteiger partial charge in [-0.15, -0.1) is 0 Å². The molecule has 0 saturated heterocycles. The molecule has 37 heavy (non-hydrogen) atoms. The van der Waals surface area contributed by atoms with Gasteiger partial charge in [0.15, 0.2) is 0 Å². The molecule has 1 aromatic heterocycles. The topological polar surface area (TPSA) is 137 Å². The number of rotatable bonds is 7. The number of ether oxygens (including phenoxy) is 1. The summed E-state index contributed by atoms with van der Waals surface area (Å²) in [7, 11) is -4.71. The number of carbonyl (C=O) groups is 2. The normalized spacial score (nSPS) is 11.3. The minimum atomic E-state index is -4.71. The molecule has 0 saturated carbocycles. The molecule has 0 N–H and O–H groups in total. The van der Waals surface area contributed by atoms with Gasteiger partial charge in [0.1, 0.15) is 21.9 Å². The number of halogens is 1. The van der Waals surface area contributed by atoms with E-state index in [1.807, 2.05) is 0 Å². The van der Waals surface area contributed by atoms with Crippen molar-refractivity contribution >= 4 is 55.8 Å². The molecule has 0 aliphatic carbocycles. The number of nitrogens with zero attached hydrogens (tertiary/aromatic N) is 2. The van der Waals surface area contributed by atoms with Crippen LogP contribution in [0.15, 0.2) is 76.0 Å². The maximum absolute atomic E-state index is 13.8. The first-order valence-corrected chi connectivity index (χ1v) is 12.7. The first-order valence-electron chi connectivity index (χ1n) is 10.8. The Morgan fingerprint density at radius 1 is 1.08 bits per heavy atom. The predicted octanol–water partition coefficient (Wildman–Crippen LogP) is 5.52. The Morgan fingerprint density at radius 2 is 1.78 bits per heavy atom. The van der Waals surface area contributed by atoms with Crippen LogP contribution >= 0.6 is 11.6 Å². The lowest BCUT2D eigenvalue weighted by Gasteiger charge is -2.23. The van der Waals surface area contributed by atoms with Gasteiger partial charge in [-0.05, 0) is 56.3 Å². The highest BCUT2D eigenvalue weighted by molar-refractivity contribution is 7.93. The fourth-order valence-corrected chi connectivity index (χ4v) is 5.37. The second-order valence-corrected chi connectivity index (χ2v) is 9.94. The molecule has 10 nitrogen and oxygen atoms in total. The van der Waals surface area contributed by atoms with E-state index in [1.54, 1.807) is 32.0 Å². The molecule has 0 unspecified atom stereocenters. The van der Waals surface area contributed by atoms with Crippen molar-refractivity contribution in [1.29, 1.82) is 0 Å². The zero-order valence-electron chi connectivity index (χ0n) is 19.5. The number of amides is 1. The Bertz CT molecular complexity index is 1650. The van der Waals surface area contributed by atoms with Crippen LogP contribution in [0.1, 0.15) is 33.4 Å². The first kappa shape index (κ1) is 25.9. The van der Waals surface area contributed by atoms with Gasteiger partial charge < -0.3 is 9.15 Å². The summed E-state index contributed by atoms with van der Waals surface area (Å²) >= 11 is 5.87. The molecule has 0 atom stereocenters. The van der Waals surface area contributed by atoms with Crippen molar-refractivity contribution in [3.05, 3.63) is 98.8 Å². The Kier molecular flexibility index (Phi) is 7.01. The van der Waals surface area contributed by atoms with E-state index < -0.39 is 37.4 Å². The Hall–Kier alpha value is -4.22. The molecule has 0 radical (unpaired) electrons. The average molecular weight is 543 g/mol. The third-order valence-corrected chi connectivity index (χ3v) is 7.45. The number of hydrogen-bond acceptors (Lipinski definition) is 8. The molecule has 4 aromatic rings. The Balaban J connectivity index is 1.96. The van der Waals surface area contributed by atoms with Gasteiger partial charge in [-0.3, -0.25) is 14.9 Å². The number of sulfonamides is 1. The quantitative estimate of drug-likeness (QED) is 0.169. The zero-order valence-corrected chi connectivity index (χ0v) is 21.1. The van der Waals surface area contributed by atoms with Gasteiger partial charge in [0.25, 0.3) is 21.6 Å². The van der Waals surface area contributed by atoms with Gasteiger partial charge in [0, 0.05) is 17.0 Å². The third kappa shape index (κ3) is 4.78. The summed E-state index contributed by atoms with van der Waals surface area (Å²) in [6.07, 6.45) is 0. The number of nitro benzene ring substituents is 1. The summed E-state index contributed by atoms with van der Waals surface area (Å²) in [5, 5.41) is 11.4. The number of anilines is 1. The van der Waals surface area contributed by atoms with Gasteiger partial charge in [0.2, 0.25) is 0 Å². The summed E-state index contributed by atoms with van der Waals surface area (Å²) < 4.78 is 38.9. The van der Waals surface area contributed by atoms with E-state index >= 15 is 0 Å². The highest BCUT2D eigenvalue weighted by atomic mass is 35.5. The smallest absolute Gasteiger partial charge is 0.342 e. The summed E-state index contributed by atoms with van der Waals surface area (Å²) in [5.41, 5.74) is -0.351. The molecule has 0 fully saturated rings. The predicted molar refractivity (Wildman–Crippen MR) is 135 cm³/mol. The van der Waals surface area contributed by atoms with Crippen molar-refractivity contribution in [1.82, 2.24) is 0 Å².